The predicted molar refractivity (Wildman–Crippen MR) is 95.9 cm³/mol. The number of carbonyl (C=O) groups excluding carboxylic acids is 1. The molecule has 6 heteroatoms. The average Bonchev–Trinajstić information content (AvgIpc) is 3.00. The number of rotatable bonds is 1. The fraction of sp³-hybridized carbons (Fsp3) is 0.389. The van der Waals surface area contributed by atoms with E-state index in [-0.39, 0.29) is 17.5 Å². The summed E-state index contributed by atoms with van der Waals surface area (Å²) >= 11 is 1.32. The SMILES string of the molecule is Cc1cccn2c(=O)c3cc(C(=O)N4CCCC[C@H]4C)sc3nc12. The smallest absolute Gasteiger partial charge is 0.266 e. The van der Waals surface area contributed by atoms with Crippen molar-refractivity contribution < 1.29 is 4.79 Å². The summed E-state index contributed by atoms with van der Waals surface area (Å²) in [4.78, 5) is 33.4. The second-order valence-corrected chi connectivity index (χ2v) is 7.51. The van der Waals surface area contributed by atoms with Crippen molar-refractivity contribution in [2.24, 2.45) is 0 Å². The van der Waals surface area contributed by atoms with Crippen molar-refractivity contribution in [1.82, 2.24) is 14.3 Å². The van der Waals surface area contributed by atoms with Crippen molar-refractivity contribution in [3.05, 3.63) is 45.2 Å². The number of thiophene rings is 1. The van der Waals surface area contributed by atoms with Crippen LogP contribution in [-0.2, 0) is 0 Å². The summed E-state index contributed by atoms with van der Waals surface area (Å²) in [5.74, 6) is 0.0235. The number of amides is 1. The van der Waals surface area contributed by atoms with Crippen LogP contribution in [0.3, 0.4) is 0 Å². The van der Waals surface area contributed by atoms with Crippen molar-refractivity contribution in [3.8, 4) is 0 Å². The molecule has 124 valence electrons. The quantitative estimate of drug-likeness (QED) is 0.683. The number of hydrogen-bond donors (Lipinski definition) is 0. The molecule has 1 saturated heterocycles. The molecule has 3 aromatic heterocycles. The maximum absolute atomic E-state index is 12.9. The second-order valence-electron chi connectivity index (χ2n) is 6.47. The van der Waals surface area contributed by atoms with Gasteiger partial charge >= 0.3 is 0 Å². The van der Waals surface area contributed by atoms with Gasteiger partial charge in [0.05, 0.1) is 10.3 Å². The van der Waals surface area contributed by atoms with E-state index in [1.54, 1.807) is 16.7 Å². The molecule has 0 radical (unpaired) electrons. The molecular formula is C18H19N3O2S. The molecule has 0 N–H and O–H groups in total. The van der Waals surface area contributed by atoms with Crippen LogP contribution in [0.5, 0.6) is 0 Å². The van der Waals surface area contributed by atoms with E-state index >= 15 is 0 Å². The van der Waals surface area contributed by atoms with Gasteiger partial charge in [0.2, 0.25) is 0 Å². The van der Waals surface area contributed by atoms with Gasteiger partial charge in [-0.05, 0) is 50.8 Å². The third-order valence-corrected chi connectivity index (χ3v) is 5.82. The van der Waals surface area contributed by atoms with Gasteiger partial charge in [-0.25, -0.2) is 4.98 Å². The lowest BCUT2D eigenvalue weighted by molar-refractivity contribution is 0.0641. The Morgan fingerprint density at radius 1 is 1.38 bits per heavy atom. The van der Waals surface area contributed by atoms with E-state index in [2.05, 4.69) is 11.9 Å². The van der Waals surface area contributed by atoms with E-state index < -0.39 is 0 Å². The minimum Gasteiger partial charge on any atom is -0.335 e. The maximum atomic E-state index is 12.9. The number of carbonyl (C=O) groups is 1. The minimum absolute atomic E-state index is 0.0235. The number of piperidine rings is 1. The standard InChI is InChI=1S/C18H19N3O2S/c1-11-6-5-9-21-15(11)19-16-13(17(21)22)10-14(24-16)18(23)20-8-4-3-7-12(20)2/h5-6,9-10,12H,3-4,7-8H2,1-2H3/t12-/m1/s1. The summed E-state index contributed by atoms with van der Waals surface area (Å²) in [6.45, 7) is 4.82. The zero-order valence-corrected chi connectivity index (χ0v) is 14.6. The molecule has 0 aromatic carbocycles. The van der Waals surface area contributed by atoms with Crippen LogP contribution >= 0.6 is 11.3 Å². The fourth-order valence-corrected chi connectivity index (χ4v) is 4.38. The van der Waals surface area contributed by atoms with Crippen molar-refractivity contribution in [1.29, 1.82) is 0 Å². The molecule has 4 rings (SSSR count). The van der Waals surface area contributed by atoms with Gasteiger partial charge < -0.3 is 4.90 Å². The highest BCUT2D eigenvalue weighted by Crippen LogP contribution is 2.26. The van der Waals surface area contributed by atoms with Gasteiger partial charge in [-0.1, -0.05) is 6.07 Å². The van der Waals surface area contributed by atoms with E-state index in [1.165, 1.54) is 17.8 Å². The van der Waals surface area contributed by atoms with Crippen LogP contribution < -0.4 is 5.56 Å². The first-order chi connectivity index (χ1) is 11.6. The molecular weight excluding hydrogens is 322 g/mol. The van der Waals surface area contributed by atoms with Crippen molar-refractivity contribution in [2.45, 2.75) is 39.2 Å². The molecule has 1 fully saturated rings. The summed E-state index contributed by atoms with van der Waals surface area (Å²) in [5.41, 5.74) is 1.49. The third kappa shape index (κ3) is 2.33. The molecule has 24 heavy (non-hydrogen) atoms. The fourth-order valence-electron chi connectivity index (χ4n) is 3.40. The highest BCUT2D eigenvalue weighted by Gasteiger charge is 2.26. The Kier molecular flexibility index (Phi) is 3.64. The lowest BCUT2D eigenvalue weighted by Crippen LogP contribution is -2.41. The molecule has 1 aliphatic heterocycles. The first-order valence-electron chi connectivity index (χ1n) is 8.29. The largest absolute Gasteiger partial charge is 0.335 e. The molecule has 0 saturated carbocycles. The van der Waals surface area contributed by atoms with Crippen molar-refractivity contribution in [2.75, 3.05) is 6.54 Å². The molecule has 0 spiro atoms. The molecule has 3 aromatic rings. The summed E-state index contributed by atoms with van der Waals surface area (Å²) in [6, 6.07) is 5.74. The highest BCUT2D eigenvalue weighted by molar-refractivity contribution is 7.20. The molecule has 1 atom stereocenters. The van der Waals surface area contributed by atoms with Crippen LogP contribution in [0.1, 0.15) is 41.4 Å². The number of likely N-dealkylation sites (tertiary alicyclic amines) is 1. The Labute approximate surface area is 143 Å². The topological polar surface area (TPSA) is 54.7 Å². The van der Waals surface area contributed by atoms with Crippen LogP contribution in [-0.4, -0.2) is 32.8 Å². The Balaban J connectivity index is 1.85. The number of pyridine rings is 1. The molecule has 1 aliphatic rings. The van der Waals surface area contributed by atoms with Gasteiger partial charge in [0, 0.05) is 18.8 Å². The average molecular weight is 341 g/mol. The normalized spacial score (nSPS) is 18.4. The Hall–Kier alpha value is -2.21. The van der Waals surface area contributed by atoms with E-state index in [4.69, 9.17) is 0 Å². The zero-order valence-electron chi connectivity index (χ0n) is 13.8. The molecule has 1 amide bonds. The van der Waals surface area contributed by atoms with E-state index in [0.29, 0.717) is 20.7 Å². The third-order valence-electron chi connectivity index (χ3n) is 4.81. The van der Waals surface area contributed by atoms with E-state index in [1.807, 2.05) is 24.0 Å². The van der Waals surface area contributed by atoms with Crippen LogP contribution in [0.15, 0.2) is 29.2 Å². The number of aryl methyl sites for hydroxylation is 1. The first-order valence-corrected chi connectivity index (χ1v) is 9.10. The van der Waals surface area contributed by atoms with E-state index in [9.17, 15) is 9.59 Å². The van der Waals surface area contributed by atoms with Gasteiger partial charge in [0.15, 0.2) is 0 Å². The van der Waals surface area contributed by atoms with Crippen LogP contribution in [0.4, 0.5) is 0 Å². The van der Waals surface area contributed by atoms with Crippen LogP contribution in [0.25, 0.3) is 15.9 Å². The minimum atomic E-state index is -0.110. The van der Waals surface area contributed by atoms with Gasteiger partial charge in [0.25, 0.3) is 11.5 Å². The molecule has 0 unspecified atom stereocenters. The Morgan fingerprint density at radius 3 is 3.00 bits per heavy atom. The predicted octanol–water partition coefficient (Wildman–Crippen LogP) is 3.23. The van der Waals surface area contributed by atoms with Crippen molar-refractivity contribution in [3.63, 3.8) is 0 Å². The number of nitrogens with zero attached hydrogens (tertiary/aromatic N) is 3. The molecule has 5 nitrogen and oxygen atoms in total. The summed E-state index contributed by atoms with van der Waals surface area (Å²) in [7, 11) is 0. The number of hydrogen-bond acceptors (Lipinski definition) is 4. The summed E-state index contributed by atoms with van der Waals surface area (Å²) in [5, 5.41) is 0.524. The number of fused-ring (bicyclic) bond motifs is 2. The zero-order chi connectivity index (χ0) is 16.8. The molecule has 0 bridgehead atoms. The Bertz CT molecular complexity index is 1000. The second kappa shape index (κ2) is 5.70. The Morgan fingerprint density at radius 2 is 2.21 bits per heavy atom. The monoisotopic (exact) mass is 341 g/mol. The van der Waals surface area contributed by atoms with Gasteiger partial charge in [-0.3, -0.25) is 14.0 Å². The molecule has 0 aliphatic carbocycles. The number of aromatic nitrogens is 2. The lowest BCUT2D eigenvalue weighted by atomic mass is 10.0. The van der Waals surface area contributed by atoms with Gasteiger partial charge in [-0.15, -0.1) is 11.3 Å². The van der Waals surface area contributed by atoms with Gasteiger partial charge in [0.1, 0.15) is 10.5 Å². The van der Waals surface area contributed by atoms with Gasteiger partial charge in [-0.2, -0.15) is 0 Å². The van der Waals surface area contributed by atoms with E-state index in [0.717, 1.165) is 24.9 Å². The molecule has 4 heterocycles. The lowest BCUT2D eigenvalue weighted by Gasteiger charge is -2.33. The van der Waals surface area contributed by atoms with Crippen LogP contribution in [0.2, 0.25) is 0 Å². The summed E-state index contributed by atoms with van der Waals surface area (Å²) in [6.07, 6.45) is 4.99. The highest BCUT2D eigenvalue weighted by atomic mass is 32.1. The van der Waals surface area contributed by atoms with Crippen molar-refractivity contribution >= 4 is 33.1 Å². The first kappa shape index (κ1) is 15.3. The van der Waals surface area contributed by atoms with Crippen LogP contribution in [0, 0.1) is 6.92 Å². The summed E-state index contributed by atoms with van der Waals surface area (Å²) < 4.78 is 1.56. The maximum Gasteiger partial charge on any atom is 0.266 e.